The van der Waals surface area contributed by atoms with Crippen LogP contribution in [0.1, 0.15) is 26.3 Å². The zero-order valence-electron chi connectivity index (χ0n) is 16.2. The maximum atomic E-state index is 8.28. The first-order valence-corrected chi connectivity index (χ1v) is 9.30. The third-order valence-electron chi connectivity index (χ3n) is 4.48. The molecule has 30 heavy (non-hydrogen) atoms. The predicted molar refractivity (Wildman–Crippen MR) is 121 cm³/mol. The molecular formula is C21H28N8O. The van der Waals surface area contributed by atoms with Crippen LogP contribution in [0.3, 0.4) is 0 Å². The summed E-state index contributed by atoms with van der Waals surface area (Å²) in [5.41, 5.74) is 5.00. The molecule has 1 aliphatic rings. The van der Waals surface area contributed by atoms with Crippen molar-refractivity contribution in [1.29, 1.82) is 10.8 Å². The summed E-state index contributed by atoms with van der Waals surface area (Å²) in [5.74, 6) is 6.11. The molecular weight excluding hydrogens is 380 g/mol. The fourth-order valence-corrected chi connectivity index (χ4v) is 2.80. The molecule has 0 amide bonds. The second kappa shape index (κ2) is 10.8. The monoisotopic (exact) mass is 408 g/mol. The van der Waals surface area contributed by atoms with Crippen molar-refractivity contribution in [2.45, 2.75) is 27.2 Å². The number of nitrogens with one attached hydrogen (secondary N) is 3. The van der Waals surface area contributed by atoms with Gasteiger partial charge in [-0.15, -0.1) is 0 Å². The van der Waals surface area contributed by atoms with E-state index in [4.69, 9.17) is 21.4 Å². The van der Waals surface area contributed by atoms with E-state index < -0.39 is 0 Å². The van der Waals surface area contributed by atoms with Crippen molar-refractivity contribution in [2.24, 2.45) is 10.8 Å². The molecule has 0 bridgehead atoms. The smallest absolute Gasteiger partial charge is 0.237 e. The van der Waals surface area contributed by atoms with Gasteiger partial charge >= 0.3 is 0 Å². The standard InChI is InChI=1S/C20H24N8O.CH4/c1-2-14-11-24-20(25-12-14)28-9-7-15(8-10-28)18(21)19(22)29-17-5-3-16(4-6-17)26-13-27-23;/h3-7,11-13,21-22H,2,8-10,23H2,1H3,(H,26,27);1H4. The summed E-state index contributed by atoms with van der Waals surface area (Å²) >= 11 is 0. The van der Waals surface area contributed by atoms with E-state index in [0.717, 1.165) is 17.6 Å². The largest absolute Gasteiger partial charge is 0.437 e. The molecule has 0 unspecified atom stereocenters. The summed E-state index contributed by atoms with van der Waals surface area (Å²) in [6.07, 6.45) is 8.52. The van der Waals surface area contributed by atoms with Gasteiger partial charge in [-0.2, -0.15) is 0 Å². The van der Waals surface area contributed by atoms with Crippen LogP contribution >= 0.6 is 0 Å². The Bertz CT molecular complexity index is 919. The number of rotatable bonds is 7. The number of aromatic nitrogens is 2. The summed E-state index contributed by atoms with van der Waals surface area (Å²) in [6, 6.07) is 6.86. The molecule has 0 atom stereocenters. The molecule has 1 aliphatic heterocycles. The average molecular weight is 409 g/mol. The Morgan fingerprint density at radius 1 is 1.27 bits per heavy atom. The van der Waals surface area contributed by atoms with Crippen LogP contribution in [0.5, 0.6) is 5.75 Å². The Hall–Kier alpha value is -3.59. The van der Waals surface area contributed by atoms with E-state index in [2.05, 4.69) is 32.2 Å². The van der Waals surface area contributed by atoms with Crippen LogP contribution in [0.2, 0.25) is 0 Å². The molecule has 9 nitrogen and oxygen atoms in total. The van der Waals surface area contributed by atoms with Crippen molar-refractivity contribution in [3.8, 4) is 5.75 Å². The topological polar surface area (TPSA) is 136 Å². The number of ether oxygens (including phenoxy) is 1. The SMILES string of the molecule is C.CCc1cnc(N2CC=C(C(=N)C(=N)Oc3ccc(N=CNN)cc3)CC2)nc1. The minimum Gasteiger partial charge on any atom is -0.437 e. The van der Waals surface area contributed by atoms with Gasteiger partial charge in [0, 0.05) is 25.5 Å². The van der Waals surface area contributed by atoms with Crippen LogP contribution in [0.15, 0.2) is 53.3 Å². The van der Waals surface area contributed by atoms with Crippen LogP contribution in [0, 0.1) is 10.8 Å². The number of nitrogens with zero attached hydrogens (tertiary/aromatic N) is 4. The van der Waals surface area contributed by atoms with Crippen LogP contribution in [0.4, 0.5) is 11.6 Å². The van der Waals surface area contributed by atoms with Gasteiger partial charge in [0.1, 0.15) is 17.8 Å². The quantitative estimate of drug-likeness (QED) is 0.241. The Balaban J connectivity index is 0.00000320. The second-order valence-corrected chi connectivity index (χ2v) is 6.40. The van der Waals surface area contributed by atoms with Gasteiger partial charge in [-0.3, -0.25) is 10.8 Å². The fourth-order valence-electron chi connectivity index (χ4n) is 2.80. The number of hydrogen-bond donors (Lipinski definition) is 4. The number of benzene rings is 1. The van der Waals surface area contributed by atoms with Gasteiger partial charge in [0.2, 0.25) is 11.8 Å². The number of hydrazine groups is 1. The highest BCUT2D eigenvalue weighted by Gasteiger charge is 2.20. The highest BCUT2D eigenvalue weighted by Crippen LogP contribution is 2.20. The van der Waals surface area contributed by atoms with Crippen LogP contribution < -0.4 is 20.9 Å². The second-order valence-electron chi connectivity index (χ2n) is 6.40. The molecule has 5 N–H and O–H groups in total. The van der Waals surface area contributed by atoms with E-state index in [-0.39, 0.29) is 19.0 Å². The van der Waals surface area contributed by atoms with Crippen molar-refractivity contribution < 1.29 is 4.74 Å². The summed E-state index contributed by atoms with van der Waals surface area (Å²) < 4.78 is 5.51. The van der Waals surface area contributed by atoms with Gasteiger partial charge in [-0.05, 0) is 48.2 Å². The lowest BCUT2D eigenvalue weighted by Crippen LogP contribution is -2.33. The zero-order chi connectivity index (χ0) is 20.6. The molecule has 158 valence electrons. The van der Waals surface area contributed by atoms with Crippen molar-refractivity contribution in [1.82, 2.24) is 15.4 Å². The van der Waals surface area contributed by atoms with Crippen LogP contribution in [-0.4, -0.2) is 41.0 Å². The molecule has 1 aromatic heterocycles. The molecule has 0 aliphatic carbocycles. The number of nitrogens with two attached hydrogens (primary N) is 1. The summed E-state index contributed by atoms with van der Waals surface area (Å²) in [5, 5.41) is 16.4. The molecule has 2 aromatic rings. The first kappa shape index (κ1) is 22.7. The Morgan fingerprint density at radius 3 is 2.53 bits per heavy atom. The van der Waals surface area contributed by atoms with E-state index in [0.29, 0.717) is 36.9 Å². The summed E-state index contributed by atoms with van der Waals surface area (Å²) in [6.45, 7) is 3.35. The molecule has 3 rings (SSSR count). The van der Waals surface area contributed by atoms with E-state index in [1.165, 1.54) is 6.34 Å². The number of aryl methyl sites for hydroxylation is 1. The maximum absolute atomic E-state index is 8.28. The van der Waals surface area contributed by atoms with Crippen molar-refractivity contribution in [2.75, 3.05) is 18.0 Å². The normalized spacial score (nSPS) is 13.4. The Labute approximate surface area is 176 Å². The molecule has 0 spiro atoms. The first-order chi connectivity index (χ1) is 14.1. The van der Waals surface area contributed by atoms with Gasteiger partial charge in [0.05, 0.1) is 5.69 Å². The highest BCUT2D eigenvalue weighted by atomic mass is 16.5. The first-order valence-electron chi connectivity index (χ1n) is 9.30. The summed E-state index contributed by atoms with van der Waals surface area (Å²) in [4.78, 5) is 14.9. The molecule has 0 saturated carbocycles. The lowest BCUT2D eigenvalue weighted by molar-refractivity contribution is 0.555. The summed E-state index contributed by atoms with van der Waals surface area (Å²) in [7, 11) is 0. The van der Waals surface area contributed by atoms with E-state index in [1.807, 2.05) is 18.5 Å². The molecule has 0 fully saturated rings. The molecule has 9 heteroatoms. The van der Waals surface area contributed by atoms with Gasteiger partial charge in [-0.1, -0.05) is 20.4 Å². The van der Waals surface area contributed by atoms with Gasteiger partial charge < -0.3 is 15.1 Å². The molecule has 1 aromatic carbocycles. The van der Waals surface area contributed by atoms with Crippen LogP contribution in [-0.2, 0) is 6.42 Å². The third kappa shape index (κ3) is 5.71. The Kier molecular flexibility index (Phi) is 8.18. The van der Waals surface area contributed by atoms with Crippen molar-refractivity contribution in [3.63, 3.8) is 0 Å². The van der Waals surface area contributed by atoms with Crippen molar-refractivity contribution in [3.05, 3.63) is 53.9 Å². The zero-order valence-corrected chi connectivity index (χ0v) is 16.2. The number of anilines is 1. The van der Waals surface area contributed by atoms with Gasteiger partial charge in [0.25, 0.3) is 0 Å². The number of hydrogen-bond acceptors (Lipinski definition) is 8. The predicted octanol–water partition coefficient (Wildman–Crippen LogP) is 3.01. The van der Waals surface area contributed by atoms with Crippen LogP contribution in [0.25, 0.3) is 0 Å². The minimum absolute atomic E-state index is 0. The highest BCUT2D eigenvalue weighted by molar-refractivity contribution is 6.43. The average Bonchev–Trinajstić information content (AvgIpc) is 2.78. The molecule has 0 radical (unpaired) electrons. The molecule has 0 saturated heterocycles. The Morgan fingerprint density at radius 2 is 1.97 bits per heavy atom. The molecule has 2 heterocycles. The van der Waals surface area contributed by atoms with Gasteiger partial charge in [0.15, 0.2) is 0 Å². The maximum Gasteiger partial charge on any atom is 0.237 e. The fraction of sp³-hybridized carbons (Fsp3) is 0.286. The number of aliphatic imine (C=N–C) groups is 1. The van der Waals surface area contributed by atoms with E-state index >= 15 is 0 Å². The van der Waals surface area contributed by atoms with Crippen molar-refractivity contribution >= 4 is 29.6 Å². The van der Waals surface area contributed by atoms with E-state index in [9.17, 15) is 0 Å². The lowest BCUT2D eigenvalue weighted by atomic mass is 10.0. The lowest BCUT2D eigenvalue weighted by Gasteiger charge is -2.26. The van der Waals surface area contributed by atoms with E-state index in [1.54, 1.807) is 24.3 Å². The van der Waals surface area contributed by atoms with Gasteiger partial charge in [-0.25, -0.2) is 20.8 Å². The third-order valence-corrected chi connectivity index (χ3v) is 4.48. The minimum atomic E-state index is -0.187.